The summed E-state index contributed by atoms with van der Waals surface area (Å²) < 4.78 is 17.4. The second-order valence-electron chi connectivity index (χ2n) is 7.84. The fraction of sp³-hybridized carbons (Fsp3) is 0.684. The number of hydrogen-bond donors (Lipinski definition) is 1. The highest BCUT2D eigenvalue weighted by Crippen LogP contribution is 2.29. The molecule has 0 atom stereocenters. The molecule has 0 bridgehead atoms. The lowest BCUT2D eigenvalue weighted by Gasteiger charge is -2.37. The quantitative estimate of drug-likeness (QED) is 0.764. The summed E-state index contributed by atoms with van der Waals surface area (Å²) >= 11 is 0. The van der Waals surface area contributed by atoms with Gasteiger partial charge in [0.15, 0.2) is 11.5 Å². The molecule has 0 saturated carbocycles. The molecule has 0 unspecified atom stereocenters. The summed E-state index contributed by atoms with van der Waals surface area (Å²) in [7, 11) is 5.43. The lowest BCUT2D eigenvalue weighted by molar-refractivity contribution is -0.0893. The first-order chi connectivity index (χ1) is 11.6. The van der Waals surface area contributed by atoms with E-state index in [2.05, 4.69) is 11.9 Å². The predicted octanol–water partition coefficient (Wildman–Crippen LogP) is 1.98. The highest BCUT2D eigenvalue weighted by Gasteiger charge is 2.35. The molecule has 5 nitrogen and oxygen atoms in total. The average Bonchev–Trinajstić information content (AvgIpc) is 2.55. The summed E-state index contributed by atoms with van der Waals surface area (Å²) in [5.74, 6) is 1.45. The van der Waals surface area contributed by atoms with Crippen LogP contribution in [0.3, 0.4) is 0 Å². The number of benzene rings is 1. The lowest BCUT2D eigenvalue weighted by atomic mass is 9.82. The SMILES string of the molecule is COc1cc([B]OC(C)(C)C(C)(C)O)ccc1OC1CCN(C)CC1. The minimum atomic E-state index is -0.954. The van der Waals surface area contributed by atoms with Crippen LogP contribution in [0.1, 0.15) is 40.5 Å². The van der Waals surface area contributed by atoms with Crippen LogP contribution in [0.4, 0.5) is 0 Å². The monoisotopic (exact) mass is 348 g/mol. The van der Waals surface area contributed by atoms with Crippen LogP contribution in [-0.4, -0.2) is 62.0 Å². The molecule has 0 aromatic heterocycles. The molecule has 1 heterocycles. The minimum absolute atomic E-state index is 0.227. The van der Waals surface area contributed by atoms with Crippen molar-refractivity contribution in [2.75, 3.05) is 27.2 Å². The summed E-state index contributed by atoms with van der Waals surface area (Å²) in [6.45, 7) is 9.30. The van der Waals surface area contributed by atoms with E-state index in [4.69, 9.17) is 14.1 Å². The zero-order chi connectivity index (χ0) is 18.7. The van der Waals surface area contributed by atoms with Gasteiger partial charge < -0.3 is 24.1 Å². The van der Waals surface area contributed by atoms with Gasteiger partial charge in [0.2, 0.25) is 0 Å². The van der Waals surface area contributed by atoms with Crippen molar-refractivity contribution in [1.82, 2.24) is 4.90 Å². The predicted molar refractivity (Wildman–Crippen MR) is 101 cm³/mol. The molecule has 1 N–H and O–H groups in total. The zero-order valence-electron chi connectivity index (χ0n) is 16.3. The number of ether oxygens (including phenoxy) is 2. The molecule has 1 aliphatic heterocycles. The van der Waals surface area contributed by atoms with E-state index in [9.17, 15) is 5.11 Å². The number of piperidine rings is 1. The van der Waals surface area contributed by atoms with Crippen molar-refractivity contribution in [3.05, 3.63) is 18.2 Å². The van der Waals surface area contributed by atoms with Crippen LogP contribution in [0.2, 0.25) is 0 Å². The van der Waals surface area contributed by atoms with E-state index in [0.717, 1.165) is 37.1 Å². The number of rotatable bonds is 7. The second-order valence-corrected chi connectivity index (χ2v) is 7.84. The van der Waals surface area contributed by atoms with Gasteiger partial charge in [-0.2, -0.15) is 0 Å². The molecule has 0 aliphatic carbocycles. The molecule has 1 saturated heterocycles. The molecule has 25 heavy (non-hydrogen) atoms. The summed E-state index contributed by atoms with van der Waals surface area (Å²) in [5.41, 5.74) is -0.793. The van der Waals surface area contributed by atoms with Crippen molar-refractivity contribution in [3.8, 4) is 11.5 Å². The summed E-state index contributed by atoms with van der Waals surface area (Å²) in [5, 5.41) is 10.2. The minimum Gasteiger partial charge on any atom is -0.493 e. The van der Waals surface area contributed by atoms with Crippen molar-refractivity contribution in [2.45, 2.75) is 57.8 Å². The average molecular weight is 348 g/mol. The maximum absolute atomic E-state index is 10.2. The molecular formula is C19H31BNO4. The molecule has 0 spiro atoms. The molecular weight excluding hydrogens is 317 g/mol. The molecule has 0 amide bonds. The molecule has 1 radical (unpaired) electrons. The maximum Gasteiger partial charge on any atom is 0.331 e. The van der Waals surface area contributed by atoms with Crippen LogP contribution in [-0.2, 0) is 4.65 Å². The van der Waals surface area contributed by atoms with E-state index in [-0.39, 0.29) is 6.10 Å². The van der Waals surface area contributed by atoms with E-state index in [0.29, 0.717) is 5.75 Å². The number of aliphatic hydroxyl groups is 1. The van der Waals surface area contributed by atoms with E-state index >= 15 is 0 Å². The van der Waals surface area contributed by atoms with Gasteiger partial charge in [-0.3, -0.25) is 0 Å². The summed E-state index contributed by atoms with van der Waals surface area (Å²) in [6.07, 6.45) is 2.28. The molecule has 1 aromatic carbocycles. The molecule has 139 valence electrons. The van der Waals surface area contributed by atoms with E-state index in [1.807, 2.05) is 32.0 Å². The Labute approximate surface area is 152 Å². The van der Waals surface area contributed by atoms with Gasteiger partial charge in [-0.05, 0) is 65.2 Å². The Bertz CT molecular complexity index is 563. The van der Waals surface area contributed by atoms with Gasteiger partial charge >= 0.3 is 7.48 Å². The first-order valence-electron chi connectivity index (χ1n) is 8.89. The third-order valence-corrected chi connectivity index (χ3v) is 5.11. The number of nitrogens with zero attached hydrogens (tertiary/aromatic N) is 1. The van der Waals surface area contributed by atoms with Gasteiger partial charge in [0.05, 0.1) is 18.3 Å². The van der Waals surface area contributed by atoms with Crippen LogP contribution in [0.15, 0.2) is 18.2 Å². The van der Waals surface area contributed by atoms with Crippen molar-refractivity contribution >= 4 is 12.9 Å². The third kappa shape index (κ3) is 5.37. The van der Waals surface area contributed by atoms with Gasteiger partial charge in [-0.15, -0.1) is 0 Å². The largest absolute Gasteiger partial charge is 0.493 e. The first-order valence-corrected chi connectivity index (χ1v) is 8.89. The van der Waals surface area contributed by atoms with Crippen molar-refractivity contribution < 1.29 is 19.2 Å². The van der Waals surface area contributed by atoms with E-state index < -0.39 is 11.2 Å². The van der Waals surface area contributed by atoms with Crippen molar-refractivity contribution in [2.24, 2.45) is 0 Å². The zero-order valence-corrected chi connectivity index (χ0v) is 16.3. The van der Waals surface area contributed by atoms with Crippen LogP contribution < -0.4 is 14.9 Å². The van der Waals surface area contributed by atoms with Gasteiger partial charge in [-0.1, -0.05) is 6.07 Å². The van der Waals surface area contributed by atoms with Crippen LogP contribution in [0.25, 0.3) is 0 Å². The Hall–Kier alpha value is -1.24. The maximum atomic E-state index is 10.2. The van der Waals surface area contributed by atoms with Crippen LogP contribution in [0.5, 0.6) is 11.5 Å². The van der Waals surface area contributed by atoms with Crippen molar-refractivity contribution in [3.63, 3.8) is 0 Å². The highest BCUT2D eigenvalue weighted by molar-refractivity contribution is 6.47. The lowest BCUT2D eigenvalue weighted by Crippen LogP contribution is -2.49. The Morgan fingerprint density at radius 2 is 1.76 bits per heavy atom. The summed E-state index contributed by atoms with van der Waals surface area (Å²) in [6, 6.07) is 5.75. The molecule has 1 aromatic rings. The van der Waals surface area contributed by atoms with Crippen LogP contribution in [0, 0.1) is 0 Å². The van der Waals surface area contributed by atoms with E-state index in [1.54, 1.807) is 28.4 Å². The van der Waals surface area contributed by atoms with Gasteiger partial charge in [0.1, 0.15) is 6.10 Å². The molecule has 1 aliphatic rings. The molecule has 1 fully saturated rings. The molecule has 6 heteroatoms. The van der Waals surface area contributed by atoms with Gasteiger partial charge in [-0.25, -0.2) is 0 Å². The Balaban J connectivity index is 2.01. The van der Waals surface area contributed by atoms with Crippen molar-refractivity contribution in [1.29, 1.82) is 0 Å². The Morgan fingerprint density at radius 1 is 1.12 bits per heavy atom. The Kier molecular flexibility index (Phi) is 6.41. The normalized spacial score (nSPS) is 17.4. The fourth-order valence-electron chi connectivity index (χ4n) is 2.50. The topological polar surface area (TPSA) is 51.2 Å². The molecule has 2 rings (SSSR count). The third-order valence-electron chi connectivity index (χ3n) is 5.11. The summed E-state index contributed by atoms with van der Waals surface area (Å²) in [4.78, 5) is 2.32. The first kappa shape index (κ1) is 20.1. The van der Waals surface area contributed by atoms with Gasteiger partial charge in [0, 0.05) is 13.1 Å². The number of likely N-dealkylation sites (tertiary alicyclic amines) is 1. The van der Waals surface area contributed by atoms with E-state index in [1.165, 1.54) is 0 Å². The highest BCUT2D eigenvalue weighted by atomic mass is 16.5. The standard InChI is InChI=1S/C19H31BNO4/c1-18(2,22)19(3,4)25-20-14-7-8-16(17(13-14)23-6)24-15-9-11-21(5)12-10-15/h7-8,13,15,22H,9-12H2,1-6H3. The fourth-order valence-corrected chi connectivity index (χ4v) is 2.50. The number of methoxy groups -OCH3 is 1. The van der Waals surface area contributed by atoms with Gasteiger partial charge in [0.25, 0.3) is 0 Å². The second kappa shape index (κ2) is 7.98. The Morgan fingerprint density at radius 3 is 2.32 bits per heavy atom. The smallest absolute Gasteiger partial charge is 0.331 e. The number of hydrogen-bond acceptors (Lipinski definition) is 5. The van der Waals surface area contributed by atoms with Crippen LogP contribution >= 0.6 is 0 Å².